The summed E-state index contributed by atoms with van der Waals surface area (Å²) in [6.07, 6.45) is 5.19. The van der Waals surface area contributed by atoms with E-state index in [0.29, 0.717) is 35.7 Å². The minimum atomic E-state index is 0.189. The number of hydrogen-bond donors (Lipinski definition) is 1. The van der Waals surface area contributed by atoms with E-state index in [1.165, 1.54) is 17.5 Å². The van der Waals surface area contributed by atoms with Crippen molar-refractivity contribution in [1.82, 2.24) is 0 Å². The molecule has 2 heteroatoms. The van der Waals surface area contributed by atoms with Gasteiger partial charge in [-0.05, 0) is 65.7 Å². The highest BCUT2D eigenvalue weighted by Crippen LogP contribution is 2.58. The average Bonchev–Trinajstić information content (AvgIpc) is 2.48. The van der Waals surface area contributed by atoms with Gasteiger partial charge in [0.2, 0.25) is 0 Å². The van der Waals surface area contributed by atoms with Gasteiger partial charge in [0.1, 0.15) is 11.5 Å². The van der Waals surface area contributed by atoms with Crippen LogP contribution in [0.5, 0.6) is 5.75 Å². The van der Waals surface area contributed by atoms with E-state index in [0.717, 1.165) is 19.3 Å². The predicted octanol–water partition coefficient (Wildman–Crippen LogP) is 5.09. The van der Waals surface area contributed by atoms with Crippen molar-refractivity contribution in [1.29, 1.82) is 0 Å². The summed E-state index contributed by atoms with van der Waals surface area (Å²) < 4.78 is 0. The maximum absolute atomic E-state index is 12.7. The summed E-state index contributed by atoms with van der Waals surface area (Å²) in [7, 11) is 0. The highest BCUT2D eigenvalue weighted by atomic mass is 16.3. The minimum absolute atomic E-state index is 0.189. The minimum Gasteiger partial charge on any atom is -0.508 e. The lowest BCUT2D eigenvalue weighted by Gasteiger charge is -2.53. The number of fused-ring (bicyclic) bond motifs is 3. The van der Waals surface area contributed by atoms with Gasteiger partial charge in [0.15, 0.2) is 0 Å². The van der Waals surface area contributed by atoms with Crippen LogP contribution in [-0.2, 0) is 11.2 Å². The van der Waals surface area contributed by atoms with Crippen molar-refractivity contribution in [2.75, 3.05) is 0 Å². The fraction of sp³-hybridized carbons (Fsp3) is 0.667. The zero-order chi connectivity index (χ0) is 16.8. The summed E-state index contributed by atoms with van der Waals surface area (Å²) in [5.41, 5.74) is 2.77. The molecule has 2 aliphatic rings. The smallest absolute Gasteiger partial charge is 0.136 e. The lowest BCUT2D eigenvalue weighted by molar-refractivity contribution is -0.133. The second-order valence-corrected chi connectivity index (χ2v) is 8.48. The highest BCUT2D eigenvalue weighted by Gasteiger charge is 2.52. The molecule has 4 atom stereocenters. The van der Waals surface area contributed by atoms with E-state index in [1.54, 1.807) is 6.07 Å². The van der Waals surface area contributed by atoms with Crippen molar-refractivity contribution in [2.24, 2.45) is 23.2 Å². The van der Waals surface area contributed by atoms with Gasteiger partial charge in [-0.15, -0.1) is 0 Å². The number of ketones is 1. The Morgan fingerprint density at radius 1 is 1.35 bits per heavy atom. The van der Waals surface area contributed by atoms with Crippen LogP contribution in [0.2, 0.25) is 0 Å². The lowest BCUT2D eigenvalue weighted by Crippen LogP contribution is -2.48. The number of aryl methyl sites for hydroxylation is 1. The molecule has 1 N–H and O–H groups in total. The molecular formula is C21H30O2. The Kier molecular flexibility index (Phi) is 4.29. The first-order valence-electron chi connectivity index (χ1n) is 9.17. The average molecular weight is 314 g/mol. The SMILES string of the molecule is CC(C)CC[C@H]1[C@H](C)C(=O)C[C@@H]2c3ccc(O)cc3CC[C@]21C. The van der Waals surface area contributed by atoms with Gasteiger partial charge in [-0.25, -0.2) is 0 Å². The Morgan fingerprint density at radius 2 is 2.09 bits per heavy atom. The Hall–Kier alpha value is -1.31. The summed E-state index contributed by atoms with van der Waals surface area (Å²) >= 11 is 0. The van der Waals surface area contributed by atoms with Gasteiger partial charge in [0.25, 0.3) is 0 Å². The largest absolute Gasteiger partial charge is 0.508 e. The number of phenols is 1. The quantitative estimate of drug-likeness (QED) is 0.843. The van der Waals surface area contributed by atoms with Crippen molar-refractivity contribution < 1.29 is 9.90 Å². The third kappa shape index (κ3) is 2.81. The fourth-order valence-corrected chi connectivity index (χ4v) is 5.14. The molecule has 0 unspecified atom stereocenters. The number of Topliss-reactive ketones (excluding diaryl/α,β-unsaturated/α-hetero) is 1. The monoisotopic (exact) mass is 314 g/mol. The highest BCUT2D eigenvalue weighted by molar-refractivity contribution is 5.83. The summed E-state index contributed by atoms with van der Waals surface area (Å²) in [6, 6.07) is 5.76. The van der Waals surface area contributed by atoms with E-state index in [-0.39, 0.29) is 11.3 Å². The Labute approximate surface area is 140 Å². The number of aromatic hydroxyl groups is 1. The van der Waals surface area contributed by atoms with Crippen LogP contribution in [0.15, 0.2) is 18.2 Å². The summed E-state index contributed by atoms with van der Waals surface area (Å²) in [4.78, 5) is 12.7. The van der Waals surface area contributed by atoms with E-state index in [1.807, 2.05) is 6.07 Å². The molecule has 1 fully saturated rings. The molecule has 23 heavy (non-hydrogen) atoms. The molecule has 0 amide bonds. The summed E-state index contributed by atoms with van der Waals surface area (Å²) in [5, 5.41) is 9.77. The van der Waals surface area contributed by atoms with Gasteiger partial charge in [-0.3, -0.25) is 4.79 Å². The van der Waals surface area contributed by atoms with Gasteiger partial charge >= 0.3 is 0 Å². The molecular weight excluding hydrogens is 284 g/mol. The van der Waals surface area contributed by atoms with Crippen molar-refractivity contribution in [3.63, 3.8) is 0 Å². The number of hydrogen-bond acceptors (Lipinski definition) is 2. The van der Waals surface area contributed by atoms with E-state index >= 15 is 0 Å². The number of carbonyl (C=O) groups excluding carboxylic acids is 1. The Balaban J connectivity index is 1.98. The molecule has 0 saturated heterocycles. The molecule has 2 aliphatic carbocycles. The Morgan fingerprint density at radius 3 is 2.78 bits per heavy atom. The van der Waals surface area contributed by atoms with Crippen LogP contribution in [0.3, 0.4) is 0 Å². The van der Waals surface area contributed by atoms with Crippen LogP contribution >= 0.6 is 0 Å². The molecule has 3 rings (SSSR count). The van der Waals surface area contributed by atoms with E-state index in [9.17, 15) is 9.90 Å². The van der Waals surface area contributed by atoms with Gasteiger partial charge in [0, 0.05) is 12.3 Å². The zero-order valence-corrected chi connectivity index (χ0v) is 14.9. The molecule has 1 saturated carbocycles. The normalized spacial score (nSPS) is 33.4. The molecule has 0 aliphatic heterocycles. The zero-order valence-electron chi connectivity index (χ0n) is 14.9. The molecule has 0 radical (unpaired) electrons. The van der Waals surface area contributed by atoms with Crippen molar-refractivity contribution in [3.8, 4) is 5.75 Å². The maximum Gasteiger partial charge on any atom is 0.136 e. The third-order valence-electron chi connectivity index (χ3n) is 6.65. The standard InChI is InChI=1S/C21H30O2/c1-13(2)5-8-18-14(3)20(23)12-19-17-7-6-16(22)11-15(17)9-10-21(18,19)4/h6-7,11,13-14,18-19,22H,5,8-10,12H2,1-4H3/t14-,18-,19+,21-/m0/s1. The first kappa shape index (κ1) is 16.5. The van der Waals surface area contributed by atoms with Gasteiger partial charge in [-0.2, -0.15) is 0 Å². The number of carbonyl (C=O) groups is 1. The van der Waals surface area contributed by atoms with Crippen LogP contribution in [0.1, 0.15) is 70.4 Å². The van der Waals surface area contributed by atoms with Gasteiger partial charge < -0.3 is 5.11 Å². The number of benzene rings is 1. The van der Waals surface area contributed by atoms with Crippen LogP contribution in [0.25, 0.3) is 0 Å². The van der Waals surface area contributed by atoms with Gasteiger partial charge in [-0.1, -0.05) is 40.2 Å². The molecule has 1 aromatic rings. The first-order chi connectivity index (χ1) is 10.8. The Bertz CT molecular complexity index is 604. The number of phenolic OH excluding ortho intramolecular Hbond substituents is 1. The summed E-state index contributed by atoms with van der Waals surface area (Å²) in [5.74, 6) is 2.47. The molecule has 0 spiro atoms. The molecule has 0 aromatic heterocycles. The molecule has 0 heterocycles. The molecule has 126 valence electrons. The lowest BCUT2D eigenvalue weighted by atomic mass is 9.50. The van der Waals surface area contributed by atoms with Crippen molar-refractivity contribution in [3.05, 3.63) is 29.3 Å². The molecule has 1 aromatic carbocycles. The topological polar surface area (TPSA) is 37.3 Å². The second-order valence-electron chi connectivity index (χ2n) is 8.48. The molecule has 2 nitrogen and oxygen atoms in total. The molecule has 0 bridgehead atoms. The van der Waals surface area contributed by atoms with Crippen molar-refractivity contribution in [2.45, 2.75) is 65.7 Å². The fourth-order valence-electron chi connectivity index (χ4n) is 5.14. The van der Waals surface area contributed by atoms with Crippen LogP contribution in [0.4, 0.5) is 0 Å². The summed E-state index contributed by atoms with van der Waals surface area (Å²) in [6.45, 7) is 9.12. The van der Waals surface area contributed by atoms with Crippen LogP contribution < -0.4 is 0 Å². The van der Waals surface area contributed by atoms with E-state index in [2.05, 4.69) is 33.8 Å². The van der Waals surface area contributed by atoms with E-state index in [4.69, 9.17) is 0 Å². The van der Waals surface area contributed by atoms with Crippen molar-refractivity contribution >= 4 is 5.78 Å². The maximum atomic E-state index is 12.7. The van der Waals surface area contributed by atoms with Gasteiger partial charge in [0.05, 0.1) is 0 Å². The van der Waals surface area contributed by atoms with Crippen LogP contribution in [0, 0.1) is 23.2 Å². The van der Waals surface area contributed by atoms with Crippen LogP contribution in [-0.4, -0.2) is 10.9 Å². The third-order valence-corrected chi connectivity index (χ3v) is 6.65. The first-order valence-corrected chi connectivity index (χ1v) is 9.17. The second kappa shape index (κ2) is 5.96. The predicted molar refractivity (Wildman–Crippen MR) is 93.6 cm³/mol. The van der Waals surface area contributed by atoms with E-state index < -0.39 is 0 Å². The number of rotatable bonds is 3.